The van der Waals surface area contributed by atoms with Crippen molar-refractivity contribution in [2.24, 2.45) is 16.7 Å². The van der Waals surface area contributed by atoms with E-state index in [0.717, 1.165) is 12.8 Å². The molecule has 88 valence electrons. The Labute approximate surface area is 98.6 Å². The van der Waals surface area contributed by atoms with Gasteiger partial charge in [0, 0.05) is 11.8 Å². The van der Waals surface area contributed by atoms with Gasteiger partial charge in [-0.25, -0.2) is 0 Å². The van der Waals surface area contributed by atoms with E-state index in [1.165, 1.54) is 11.1 Å². The Morgan fingerprint density at radius 3 is 2.62 bits per heavy atom. The van der Waals surface area contributed by atoms with Gasteiger partial charge in [-0.1, -0.05) is 37.1 Å². The van der Waals surface area contributed by atoms with E-state index < -0.39 is 0 Å². The topological polar surface area (TPSA) is 17.1 Å². The van der Waals surface area contributed by atoms with Gasteiger partial charge in [-0.05, 0) is 38.5 Å². The van der Waals surface area contributed by atoms with Gasteiger partial charge in [-0.2, -0.15) is 0 Å². The molecule has 0 heterocycles. The predicted molar refractivity (Wildman–Crippen MR) is 67.1 cm³/mol. The maximum absolute atomic E-state index is 12.2. The molecule has 2 aliphatic rings. The first-order valence-corrected chi connectivity index (χ1v) is 6.17. The first kappa shape index (κ1) is 11.6. The lowest BCUT2D eigenvalue weighted by atomic mass is 9.77. The summed E-state index contributed by atoms with van der Waals surface area (Å²) in [5, 5.41) is 0. The van der Waals surface area contributed by atoms with Crippen LogP contribution in [0.5, 0.6) is 0 Å². The summed E-state index contributed by atoms with van der Waals surface area (Å²) >= 11 is 0. The van der Waals surface area contributed by atoms with Crippen molar-refractivity contribution in [3.05, 3.63) is 23.3 Å². The van der Waals surface area contributed by atoms with Crippen molar-refractivity contribution in [2.75, 3.05) is 0 Å². The van der Waals surface area contributed by atoms with Crippen LogP contribution in [0.3, 0.4) is 0 Å². The predicted octanol–water partition coefficient (Wildman–Crippen LogP) is 3.90. The quantitative estimate of drug-likeness (QED) is 0.642. The summed E-state index contributed by atoms with van der Waals surface area (Å²) in [6.45, 7) is 10.8. The molecule has 0 aromatic carbocycles. The number of hydrogen-bond acceptors (Lipinski definition) is 1. The lowest BCUT2D eigenvalue weighted by molar-refractivity contribution is -0.126. The normalized spacial score (nSPS) is 35.2. The molecule has 1 nitrogen and oxygen atoms in total. The summed E-state index contributed by atoms with van der Waals surface area (Å²) in [6, 6.07) is 0. The summed E-state index contributed by atoms with van der Waals surface area (Å²) in [6.07, 6.45) is 6.06. The van der Waals surface area contributed by atoms with Crippen LogP contribution in [0, 0.1) is 16.7 Å². The fourth-order valence-corrected chi connectivity index (χ4v) is 2.76. The van der Waals surface area contributed by atoms with Gasteiger partial charge in [-0.3, -0.25) is 4.79 Å². The second-order valence-electron chi connectivity index (χ2n) is 6.40. The van der Waals surface area contributed by atoms with Crippen molar-refractivity contribution in [2.45, 2.75) is 47.5 Å². The average molecular weight is 218 g/mol. The third kappa shape index (κ3) is 1.66. The highest BCUT2D eigenvalue weighted by atomic mass is 16.1. The number of carbonyl (C=O) groups excluding carboxylic acids is 1. The number of ketones is 1. The smallest absolute Gasteiger partial charge is 0.143 e. The molecular weight excluding hydrogens is 196 g/mol. The van der Waals surface area contributed by atoms with E-state index in [1.807, 2.05) is 0 Å². The standard InChI is InChI=1S/C15H22O/c1-10(2)6-7-15(5)9-12-11(8-13(15)16)14(12,3)4/h6,9,11H,7-8H2,1-5H3. The van der Waals surface area contributed by atoms with Crippen LogP contribution in [0.4, 0.5) is 0 Å². The van der Waals surface area contributed by atoms with Crippen molar-refractivity contribution in [1.29, 1.82) is 0 Å². The Kier molecular flexibility index (Phi) is 2.41. The van der Waals surface area contributed by atoms with Crippen LogP contribution in [-0.4, -0.2) is 5.78 Å². The second-order valence-corrected chi connectivity index (χ2v) is 6.40. The molecule has 2 rings (SSSR count). The van der Waals surface area contributed by atoms with E-state index in [9.17, 15) is 4.79 Å². The number of rotatable bonds is 2. The highest BCUT2D eigenvalue weighted by molar-refractivity contribution is 5.90. The Morgan fingerprint density at radius 2 is 2.06 bits per heavy atom. The van der Waals surface area contributed by atoms with E-state index in [1.54, 1.807) is 0 Å². The average Bonchev–Trinajstić information content (AvgIpc) is 2.66. The van der Waals surface area contributed by atoms with E-state index >= 15 is 0 Å². The third-order valence-corrected chi connectivity index (χ3v) is 4.34. The number of Topliss-reactive ketones (excluding diaryl/α,β-unsaturated/α-hetero) is 1. The summed E-state index contributed by atoms with van der Waals surface area (Å²) in [4.78, 5) is 12.2. The largest absolute Gasteiger partial charge is 0.299 e. The first-order valence-electron chi connectivity index (χ1n) is 6.17. The lowest BCUT2D eigenvalue weighted by Gasteiger charge is -2.25. The Morgan fingerprint density at radius 1 is 1.44 bits per heavy atom. The number of fused-ring (bicyclic) bond motifs is 1. The minimum Gasteiger partial charge on any atom is -0.299 e. The number of carbonyl (C=O) groups is 1. The van der Waals surface area contributed by atoms with Gasteiger partial charge in [0.15, 0.2) is 0 Å². The summed E-state index contributed by atoms with van der Waals surface area (Å²) in [5.74, 6) is 0.962. The van der Waals surface area contributed by atoms with Crippen molar-refractivity contribution in [1.82, 2.24) is 0 Å². The molecule has 0 amide bonds. The van der Waals surface area contributed by atoms with E-state index in [4.69, 9.17) is 0 Å². The van der Waals surface area contributed by atoms with Gasteiger partial charge in [0.25, 0.3) is 0 Å². The van der Waals surface area contributed by atoms with Crippen LogP contribution in [0.25, 0.3) is 0 Å². The molecule has 1 saturated carbocycles. The van der Waals surface area contributed by atoms with E-state index in [-0.39, 0.29) is 5.41 Å². The van der Waals surface area contributed by atoms with Crippen molar-refractivity contribution < 1.29 is 4.79 Å². The van der Waals surface area contributed by atoms with Crippen molar-refractivity contribution in [3.63, 3.8) is 0 Å². The number of allylic oxidation sites excluding steroid dienone is 4. The van der Waals surface area contributed by atoms with Gasteiger partial charge in [0.2, 0.25) is 0 Å². The van der Waals surface area contributed by atoms with Gasteiger partial charge in [0.1, 0.15) is 5.78 Å². The second kappa shape index (κ2) is 3.32. The maximum Gasteiger partial charge on any atom is 0.143 e. The molecule has 0 saturated heterocycles. The Hall–Kier alpha value is -0.850. The summed E-state index contributed by atoms with van der Waals surface area (Å²) < 4.78 is 0. The van der Waals surface area contributed by atoms with Gasteiger partial charge in [0.05, 0.1) is 0 Å². The molecule has 2 aliphatic carbocycles. The molecule has 2 unspecified atom stereocenters. The SMILES string of the molecule is CC(C)=CCC1(C)C=C2C(CC1=O)C2(C)C. The zero-order valence-electron chi connectivity index (χ0n) is 11.1. The van der Waals surface area contributed by atoms with Crippen molar-refractivity contribution >= 4 is 5.78 Å². The van der Waals surface area contributed by atoms with Crippen molar-refractivity contribution in [3.8, 4) is 0 Å². The van der Waals surface area contributed by atoms with Gasteiger partial charge in [-0.15, -0.1) is 0 Å². The van der Waals surface area contributed by atoms with Crippen LogP contribution in [0.1, 0.15) is 47.5 Å². The molecule has 0 aromatic heterocycles. The molecular formula is C15H22O. The minimum atomic E-state index is -0.239. The van der Waals surface area contributed by atoms with Crippen LogP contribution in [-0.2, 0) is 4.79 Å². The first-order chi connectivity index (χ1) is 7.27. The highest BCUT2D eigenvalue weighted by Crippen LogP contribution is 2.63. The fraction of sp³-hybridized carbons (Fsp3) is 0.667. The molecule has 1 heteroatoms. The van der Waals surface area contributed by atoms with Crippen LogP contribution >= 0.6 is 0 Å². The molecule has 16 heavy (non-hydrogen) atoms. The fourth-order valence-electron chi connectivity index (χ4n) is 2.76. The third-order valence-electron chi connectivity index (χ3n) is 4.34. The van der Waals surface area contributed by atoms with E-state index in [2.05, 4.69) is 46.8 Å². The molecule has 0 spiro atoms. The highest BCUT2D eigenvalue weighted by Gasteiger charge is 2.57. The van der Waals surface area contributed by atoms with Crippen LogP contribution in [0.15, 0.2) is 23.3 Å². The van der Waals surface area contributed by atoms with Crippen LogP contribution < -0.4 is 0 Å². The molecule has 0 bridgehead atoms. The zero-order chi connectivity index (χ0) is 12.1. The number of hydrogen-bond donors (Lipinski definition) is 0. The molecule has 0 aromatic rings. The van der Waals surface area contributed by atoms with Crippen LogP contribution in [0.2, 0.25) is 0 Å². The summed E-state index contributed by atoms with van der Waals surface area (Å²) in [5.41, 5.74) is 2.86. The Balaban J connectivity index is 2.25. The molecule has 0 N–H and O–H groups in total. The summed E-state index contributed by atoms with van der Waals surface area (Å²) in [7, 11) is 0. The van der Waals surface area contributed by atoms with Gasteiger partial charge >= 0.3 is 0 Å². The molecule has 0 radical (unpaired) electrons. The molecule has 1 fully saturated rings. The monoisotopic (exact) mass is 218 g/mol. The lowest BCUT2D eigenvalue weighted by Crippen LogP contribution is -2.27. The van der Waals surface area contributed by atoms with Gasteiger partial charge < -0.3 is 0 Å². The Bertz CT molecular complexity index is 394. The maximum atomic E-state index is 12.2. The molecule has 2 atom stereocenters. The van der Waals surface area contributed by atoms with E-state index in [0.29, 0.717) is 17.1 Å². The zero-order valence-corrected chi connectivity index (χ0v) is 11.1. The minimum absolute atomic E-state index is 0.239. The molecule has 0 aliphatic heterocycles.